The lowest BCUT2D eigenvalue weighted by Crippen LogP contribution is -2.39. The predicted molar refractivity (Wildman–Crippen MR) is 205 cm³/mol. The molecule has 0 N–H and O–H groups in total. The molecule has 8 aromatic rings. The van der Waals surface area contributed by atoms with Crippen molar-refractivity contribution in [3.63, 3.8) is 0 Å². The molecule has 3 nitrogen and oxygen atoms in total. The van der Waals surface area contributed by atoms with Crippen LogP contribution in [-0.4, -0.2) is 11.3 Å². The van der Waals surface area contributed by atoms with Crippen molar-refractivity contribution in [3.05, 3.63) is 192 Å². The lowest BCUT2D eigenvalue weighted by molar-refractivity contribution is 0.695. The number of para-hydroxylation sites is 4. The van der Waals surface area contributed by atoms with Crippen molar-refractivity contribution in [1.82, 2.24) is 4.57 Å². The predicted octanol–water partition coefficient (Wildman–Crippen LogP) is 11.6. The second kappa shape index (κ2) is 10.8. The quantitative estimate of drug-likeness (QED) is 0.178. The monoisotopic (exact) mass is 645 g/mol. The van der Waals surface area contributed by atoms with Crippen LogP contribution in [0.2, 0.25) is 0 Å². The Morgan fingerprint density at radius 1 is 0.531 bits per heavy atom. The van der Waals surface area contributed by atoms with Crippen LogP contribution in [0.25, 0.3) is 27.5 Å². The van der Waals surface area contributed by atoms with Crippen LogP contribution in [0.3, 0.4) is 0 Å². The van der Waals surface area contributed by atoms with Crippen LogP contribution in [0, 0.1) is 0 Å². The maximum atomic E-state index is 4.10. The normalized spacial score (nSPS) is 13.9. The molecular weight excluding hydrogens is 615 g/mol. The first-order valence-electron chi connectivity index (χ1n) is 16.7. The van der Waals surface area contributed by atoms with Crippen LogP contribution in [0.15, 0.2) is 179 Å². The molecule has 49 heavy (non-hydrogen) atoms. The van der Waals surface area contributed by atoms with Crippen molar-refractivity contribution in [2.45, 2.75) is 21.8 Å². The molecule has 2 aliphatic rings. The van der Waals surface area contributed by atoms with Crippen LogP contribution in [-0.2, 0) is 12.0 Å². The van der Waals surface area contributed by atoms with E-state index in [0.29, 0.717) is 6.54 Å². The molecule has 0 unspecified atom stereocenters. The highest BCUT2D eigenvalue weighted by atomic mass is 32.2. The maximum absolute atomic E-state index is 4.10. The summed E-state index contributed by atoms with van der Waals surface area (Å²) in [5.74, 6) is 0. The molecule has 0 atom stereocenters. The SMILES string of the molecule is C=NCc1ccc(-n2c3ccccc3c3c4c(ccc32)C2(c3ccccc3S4)c3ccccc3N(c3ccccc3)c3ccccc32)cc1. The molecular formula is C45H31N3S. The Kier molecular flexibility index (Phi) is 6.24. The Labute approximate surface area is 289 Å². The Morgan fingerprint density at radius 2 is 1.16 bits per heavy atom. The van der Waals surface area contributed by atoms with Gasteiger partial charge >= 0.3 is 0 Å². The number of aromatic nitrogens is 1. The first-order chi connectivity index (χ1) is 24.3. The van der Waals surface area contributed by atoms with Gasteiger partial charge in [0, 0.05) is 31.9 Å². The summed E-state index contributed by atoms with van der Waals surface area (Å²) >= 11 is 1.91. The minimum absolute atomic E-state index is 0.521. The zero-order valence-corrected chi connectivity index (χ0v) is 27.6. The van der Waals surface area contributed by atoms with Gasteiger partial charge in [0.1, 0.15) is 0 Å². The van der Waals surface area contributed by atoms with E-state index >= 15 is 0 Å². The van der Waals surface area contributed by atoms with E-state index in [9.17, 15) is 0 Å². The van der Waals surface area contributed by atoms with E-state index in [-0.39, 0.29) is 0 Å². The van der Waals surface area contributed by atoms with Crippen LogP contribution in [0.1, 0.15) is 27.8 Å². The van der Waals surface area contributed by atoms with Gasteiger partial charge in [0.25, 0.3) is 0 Å². The molecule has 0 amide bonds. The highest BCUT2D eigenvalue weighted by Crippen LogP contribution is 2.64. The van der Waals surface area contributed by atoms with Gasteiger partial charge in [-0.15, -0.1) is 0 Å². The third-order valence-electron chi connectivity index (χ3n) is 10.3. The largest absolute Gasteiger partial charge is 0.310 e. The molecule has 0 aliphatic carbocycles. The van der Waals surface area contributed by atoms with Crippen molar-refractivity contribution < 1.29 is 0 Å². The molecule has 232 valence electrons. The van der Waals surface area contributed by atoms with Crippen molar-refractivity contribution in [2.24, 2.45) is 4.99 Å². The maximum Gasteiger partial charge on any atom is 0.0764 e. The van der Waals surface area contributed by atoms with Crippen LogP contribution >= 0.6 is 11.8 Å². The average Bonchev–Trinajstić information content (AvgIpc) is 3.50. The molecule has 1 aromatic heterocycles. The van der Waals surface area contributed by atoms with Gasteiger partial charge in [-0.2, -0.15) is 0 Å². The number of benzene rings is 7. The minimum atomic E-state index is -0.521. The summed E-state index contributed by atoms with van der Waals surface area (Å²) in [6, 6.07) is 60.3. The molecule has 0 fully saturated rings. The first kappa shape index (κ1) is 28.2. The summed E-state index contributed by atoms with van der Waals surface area (Å²) in [5, 5.41) is 2.56. The summed E-state index contributed by atoms with van der Waals surface area (Å²) in [4.78, 5) is 9.14. The summed E-state index contributed by atoms with van der Waals surface area (Å²) in [7, 11) is 0. The van der Waals surface area contributed by atoms with Gasteiger partial charge < -0.3 is 9.47 Å². The molecule has 0 saturated carbocycles. The van der Waals surface area contributed by atoms with Crippen LogP contribution in [0.4, 0.5) is 17.1 Å². The van der Waals surface area contributed by atoms with Crippen LogP contribution < -0.4 is 4.90 Å². The van der Waals surface area contributed by atoms with E-state index < -0.39 is 5.41 Å². The second-order valence-electron chi connectivity index (χ2n) is 12.8. The van der Waals surface area contributed by atoms with Gasteiger partial charge in [0.15, 0.2) is 0 Å². The summed E-state index contributed by atoms with van der Waals surface area (Å²) in [6.45, 7) is 4.31. The average molecular weight is 646 g/mol. The van der Waals surface area contributed by atoms with Crippen molar-refractivity contribution >= 4 is 57.3 Å². The van der Waals surface area contributed by atoms with Crippen molar-refractivity contribution in [1.29, 1.82) is 0 Å². The molecule has 2 aliphatic heterocycles. The van der Waals surface area contributed by atoms with E-state index in [4.69, 9.17) is 0 Å². The topological polar surface area (TPSA) is 20.5 Å². The minimum Gasteiger partial charge on any atom is -0.310 e. The van der Waals surface area contributed by atoms with Gasteiger partial charge in [0.2, 0.25) is 0 Å². The zero-order valence-electron chi connectivity index (χ0n) is 26.8. The number of hydrogen-bond acceptors (Lipinski definition) is 3. The molecule has 1 spiro atoms. The number of fused-ring (bicyclic) bond motifs is 12. The fourth-order valence-electron chi connectivity index (χ4n) is 8.39. The number of nitrogens with zero attached hydrogens (tertiary/aromatic N) is 3. The lowest BCUT2D eigenvalue weighted by atomic mass is 9.62. The van der Waals surface area contributed by atoms with E-state index in [1.807, 2.05) is 11.8 Å². The van der Waals surface area contributed by atoms with Crippen LogP contribution in [0.5, 0.6) is 0 Å². The fourth-order valence-corrected chi connectivity index (χ4v) is 9.74. The molecule has 3 heterocycles. The second-order valence-corrected chi connectivity index (χ2v) is 13.8. The Morgan fingerprint density at radius 3 is 1.90 bits per heavy atom. The van der Waals surface area contributed by atoms with E-state index in [1.54, 1.807) is 0 Å². The van der Waals surface area contributed by atoms with E-state index in [2.05, 4.69) is 185 Å². The number of anilines is 3. The van der Waals surface area contributed by atoms with Gasteiger partial charge in [-0.1, -0.05) is 121 Å². The molecule has 0 radical (unpaired) electrons. The van der Waals surface area contributed by atoms with Crippen molar-refractivity contribution in [2.75, 3.05) is 4.90 Å². The van der Waals surface area contributed by atoms with Gasteiger partial charge in [-0.25, -0.2) is 0 Å². The molecule has 10 rings (SSSR count). The summed E-state index contributed by atoms with van der Waals surface area (Å²) < 4.78 is 2.42. The lowest BCUT2D eigenvalue weighted by Gasteiger charge is -2.49. The molecule has 7 aromatic carbocycles. The van der Waals surface area contributed by atoms with Crippen molar-refractivity contribution in [3.8, 4) is 5.69 Å². The number of aliphatic imine (C=N–C) groups is 1. The smallest absolute Gasteiger partial charge is 0.0764 e. The van der Waals surface area contributed by atoms with Gasteiger partial charge in [0.05, 0.1) is 34.4 Å². The first-order valence-corrected chi connectivity index (χ1v) is 17.5. The molecule has 0 bridgehead atoms. The Hall–Kier alpha value is -5.84. The third-order valence-corrected chi connectivity index (χ3v) is 11.5. The highest BCUT2D eigenvalue weighted by molar-refractivity contribution is 7.99. The number of rotatable bonds is 4. The van der Waals surface area contributed by atoms with Gasteiger partial charge in [-0.05, 0) is 89.1 Å². The molecule has 0 saturated heterocycles. The Balaban J connectivity index is 1.33. The Bertz CT molecular complexity index is 2530. The van der Waals surface area contributed by atoms with Gasteiger partial charge in [-0.3, -0.25) is 4.99 Å². The third kappa shape index (κ3) is 3.89. The number of hydrogen-bond donors (Lipinski definition) is 0. The molecule has 4 heteroatoms. The standard InChI is InChI=1S/C45H31N3S/c1-46-29-30-23-25-32(26-24-30)47-38-19-9-5-15-33(38)43-41(47)28-27-37-44(43)49-42-22-12-8-18-36(42)45(37)34-16-6-10-20-39(34)48(31-13-3-2-4-14-31)40-21-11-7-17-35(40)45/h2-28H,1,29H2. The highest BCUT2D eigenvalue weighted by Gasteiger charge is 2.50. The fraction of sp³-hybridized carbons (Fsp3) is 0.0444. The zero-order chi connectivity index (χ0) is 32.5. The summed E-state index contributed by atoms with van der Waals surface area (Å²) in [5.41, 5.74) is 13.0. The van der Waals surface area contributed by atoms with E-state index in [0.717, 1.165) is 16.9 Å². The summed E-state index contributed by atoms with van der Waals surface area (Å²) in [6.07, 6.45) is 0. The van der Waals surface area contributed by atoms with E-state index in [1.165, 1.54) is 65.2 Å².